The number of hydrogen-bond donors (Lipinski definition) is 1. The van der Waals surface area contributed by atoms with Gasteiger partial charge in [-0.1, -0.05) is 23.7 Å². The summed E-state index contributed by atoms with van der Waals surface area (Å²) in [5.74, 6) is -0.396. The van der Waals surface area contributed by atoms with E-state index in [1.807, 2.05) is 12.1 Å². The van der Waals surface area contributed by atoms with Crippen molar-refractivity contribution in [3.05, 3.63) is 76.4 Å². The summed E-state index contributed by atoms with van der Waals surface area (Å²) in [5.41, 5.74) is 6.68. The van der Waals surface area contributed by atoms with Crippen LogP contribution >= 0.6 is 11.6 Å². The first-order valence-corrected chi connectivity index (χ1v) is 10.6. The van der Waals surface area contributed by atoms with Crippen LogP contribution in [0.25, 0.3) is 22.3 Å². The maximum absolute atomic E-state index is 13.2. The highest BCUT2D eigenvalue weighted by Crippen LogP contribution is 2.27. The Labute approximate surface area is 199 Å². The summed E-state index contributed by atoms with van der Waals surface area (Å²) in [6, 6.07) is 14.8. The fourth-order valence-corrected chi connectivity index (χ4v) is 3.66. The van der Waals surface area contributed by atoms with Crippen molar-refractivity contribution in [3.8, 4) is 17.0 Å². The summed E-state index contributed by atoms with van der Waals surface area (Å²) in [6.45, 7) is 0.603. The van der Waals surface area contributed by atoms with Crippen LogP contribution in [0.2, 0.25) is 5.02 Å². The quantitative estimate of drug-likeness (QED) is 0.296. The first-order valence-electron chi connectivity index (χ1n) is 10.2. The Hall–Kier alpha value is -3.85. The molecule has 0 aliphatic rings. The standard InChI is InChI=1S/C24H20ClF2N5O2/c1-13(15-6-10-18(11-7-15)34-24(26)27)29-30-23(33)19-12-20(16-4-8-17(25)9-5-16)28-22-21(19)14(2)31-32(22)3/h4-12,24H,1-3H3,(H,30,33)/b29-13+. The molecular weight excluding hydrogens is 464 g/mol. The lowest BCUT2D eigenvalue weighted by molar-refractivity contribution is -0.0498. The van der Waals surface area contributed by atoms with Crippen LogP contribution in [0.1, 0.15) is 28.5 Å². The third-order valence-corrected chi connectivity index (χ3v) is 5.43. The fraction of sp³-hybridized carbons (Fsp3) is 0.167. The van der Waals surface area contributed by atoms with E-state index in [1.54, 1.807) is 55.9 Å². The molecule has 0 radical (unpaired) electrons. The van der Waals surface area contributed by atoms with Gasteiger partial charge in [0.15, 0.2) is 5.65 Å². The molecule has 1 N–H and O–H groups in total. The van der Waals surface area contributed by atoms with Crippen molar-refractivity contribution in [3.63, 3.8) is 0 Å². The molecule has 0 aliphatic heterocycles. The maximum Gasteiger partial charge on any atom is 0.387 e. The Balaban J connectivity index is 1.65. The number of benzene rings is 2. The summed E-state index contributed by atoms with van der Waals surface area (Å²) in [4.78, 5) is 17.8. The molecule has 2 aromatic carbocycles. The van der Waals surface area contributed by atoms with Crippen molar-refractivity contribution in [2.24, 2.45) is 12.1 Å². The van der Waals surface area contributed by atoms with Crippen LogP contribution in [0, 0.1) is 6.92 Å². The smallest absolute Gasteiger partial charge is 0.387 e. The molecule has 0 spiro atoms. The predicted octanol–water partition coefficient (Wildman–Crippen LogP) is 5.35. The maximum atomic E-state index is 13.2. The molecule has 0 saturated heterocycles. The van der Waals surface area contributed by atoms with E-state index in [-0.39, 0.29) is 5.75 Å². The van der Waals surface area contributed by atoms with Gasteiger partial charge in [-0.2, -0.15) is 19.0 Å². The van der Waals surface area contributed by atoms with Gasteiger partial charge in [-0.15, -0.1) is 0 Å². The Kier molecular flexibility index (Phi) is 6.56. The first-order chi connectivity index (χ1) is 16.2. The van der Waals surface area contributed by atoms with E-state index >= 15 is 0 Å². The zero-order valence-electron chi connectivity index (χ0n) is 18.5. The molecule has 7 nitrogen and oxygen atoms in total. The molecule has 1 amide bonds. The van der Waals surface area contributed by atoms with Gasteiger partial charge >= 0.3 is 6.61 Å². The predicted molar refractivity (Wildman–Crippen MR) is 126 cm³/mol. The van der Waals surface area contributed by atoms with Crippen LogP contribution in [-0.4, -0.2) is 33.0 Å². The van der Waals surface area contributed by atoms with Crippen LogP contribution in [0.5, 0.6) is 5.75 Å². The molecule has 4 rings (SSSR count). The van der Waals surface area contributed by atoms with Crippen LogP contribution in [0.4, 0.5) is 8.78 Å². The van der Waals surface area contributed by atoms with E-state index in [2.05, 4.69) is 25.3 Å². The number of hydrazone groups is 1. The van der Waals surface area contributed by atoms with Gasteiger partial charge < -0.3 is 4.74 Å². The van der Waals surface area contributed by atoms with Gasteiger partial charge in [0.05, 0.1) is 28.0 Å². The minimum absolute atomic E-state index is 0.0385. The van der Waals surface area contributed by atoms with Crippen molar-refractivity contribution in [2.75, 3.05) is 0 Å². The Morgan fingerprint density at radius 1 is 1.15 bits per heavy atom. The number of alkyl halides is 2. The van der Waals surface area contributed by atoms with Crippen molar-refractivity contribution in [2.45, 2.75) is 20.5 Å². The summed E-state index contributed by atoms with van der Waals surface area (Å²) in [5, 5.41) is 9.81. The molecule has 2 heterocycles. The summed E-state index contributed by atoms with van der Waals surface area (Å²) in [6.07, 6.45) is 0. The molecule has 2 aromatic heterocycles. The lowest BCUT2D eigenvalue weighted by atomic mass is 10.1. The van der Waals surface area contributed by atoms with E-state index in [0.717, 1.165) is 5.56 Å². The highest BCUT2D eigenvalue weighted by Gasteiger charge is 2.19. The lowest BCUT2D eigenvalue weighted by Crippen LogP contribution is -2.20. The molecule has 0 aliphatic carbocycles. The van der Waals surface area contributed by atoms with E-state index in [9.17, 15) is 13.6 Å². The number of halogens is 3. The molecule has 0 atom stereocenters. The molecule has 4 aromatic rings. The third kappa shape index (κ3) is 4.89. The lowest BCUT2D eigenvalue weighted by Gasteiger charge is -2.09. The molecule has 34 heavy (non-hydrogen) atoms. The molecular formula is C24H20ClF2N5O2. The normalized spacial score (nSPS) is 11.8. The number of ether oxygens (including phenoxy) is 1. The van der Waals surface area contributed by atoms with Crippen molar-refractivity contribution < 1.29 is 18.3 Å². The number of carbonyl (C=O) groups is 1. The van der Waals surface area contributed by atoms with Crippen molar-refractivity contribution in [1.29, 1.82) is 0 Å². The monoisotopic (exact) mass is 483 g/mol. The number of amides is 1. The first kappa shape index (κ1) is 23.3. The Morgan fingerprint density at radius 3 is 2.47 bits per heavy atom. The van der Waals surface area contributed by atoms with E-state index in [4.69, 9.17) is 11.6 Å². The van der Waals surface area contributed by atoms with Gasteiger partial charge in [-0.05, 0) is 61.9 Å². The largest absolute Gasteiger partial charge is 0.435 e. The third-order valence-electron chi connectivity index (χ3n) is 5.18. The summed E-state index contributed by atoms with van der Waals surface area (Å²) < 4.78 is 30.6. The minimum atomic E-state index is -2.90. The Morgan fingerprint density at radius 2 is 1.82 bits per heavy atom. The number of aromatic nitrogens is 3. The number of nitrogens with zero attached hydrogens (tertiary/aromatic N) is 4. The molecule has 174 valence electrons. The molecule has 10 heteroatoms. The molecule has 0 saturated carbocycles. The van der Waals surface area contributed by atoms with Gasteiger partial charge in [0, 0.05) is 17.6 Å². The summed E-state index contributed by atoms with van der Waals surface area (Å²) >= 11 is 6.00. The molecule has 0 bridgehead atoms. The van der Waals surface area contributed by atoms with Crippen LogP contribution < -0.4 is 10.2 Å². The van der Waals surface area contributed by atoms with Gasteiger partial charge in [0.1, 0.15) is 5.75 Å². The van der Waals surface area contributed by atoms with Gasteiger partial charge in [-0.3, -0.25) is 9.48 Å². The molecule has 0 fully saturated rings. The zero-order valence-corrected chi connectivity index (χ0v) is 19.3. The second-order valence-corrected chi connectivity index (χ2v) is 7.95. The number of rotatable bonds is 6. The SMILES string of the molecule is C/C(=N\NC(=O)c1cc(-c2ccc(Cl)cc2)nc2c1c(C)nn2C)c1ccc(OC(F)F)cc1. The highest BCUT2D eigenvalue weighted by atomic mass is 35.5. The van der Waals surface area contributed by atoms with E-state index in [1.165, 1.54) is 12.1 Å². The average molecular weight is 484 g/mol. The number of fused-ring (bicyclic) bond motifs is 1. The second kappa shape index (κ2) is 9.56. The van der Waals surface area contributed by atoms with Gasteiger partial charge in [-0.25, -0.2) is 10.4 Å². The number of hydrogen-bond acceptors (Lipinski definition) is 5. The number of nitrogens with one attached hydrogen (secondary N) is 1. The Bertz CT molecular complexity index is 1380. The van der Waals surface area contributed by atoms with E-state index < -0.39 is 12.5 Å². The highest BCUT2D eigenvalue weighted by molar-refractivity contribution is 6.30. The summed E-state index contributed by atoms with van der Waals surface area (Å²) in [7, 11) is 1.76. The number of pyridine rings is 1. The van der Waals surface area contributed by atoms with Gasteiger partial charge in [0.25, 0.3) is 5.91 Å². The number of carbonyl (C=O) groups excluding carboxylic acids is 1. The zero-order chi connectivity index (χ0) is 24.4. The van der Waals surface area contributed by atoms with Crippen LogP contribution in [0.15, 0.2) is 59.7 Å². The second-order valence-electron chi connectivity index (χ2n) is 7.51. The van der Waals surface area contributed by atoms with Crippen molar-refractivity contribution >= 4 is 34.3 Å². The molecule has 0 unspecified atom stereocenters. The van der Waals surface area contributed by atoms with Gasteiger partial charge in [0.2, 0.25) is 0 Å². The van der Waals surface area contributed by atoms with Crippen LogP contribution in [-0.2, 0) is 7.05 Å². The minimum Gasteiger partial charge on any atom is -0.435 e. The number of aryl methyl sites for hydroxylation is 2. The average Bonchev–Trinajstić information content (AvgIpc) is 3.10. The van der Waals surface area contributed by atoms with E-state index in [0.29, 0.717) is 44.3 Å². The van der Waals surface area contributed by atoms with Crippen LogP contribution in [0.3, 0.4) is 0 Å². The topological polar surface area (TPSA) is 81.4 Å². The fourth-order valence-electron chi connectivity index (χ4n) is 3.53. The van der Waals surface area contributed by atoms with Crippen molar-refractivity contribution in [1.82, 2.24) is 20.2 Å².